The Morgan fingerprint density at radius 2 is 1.89 bits per heavy atom. The molecule has 2 N–H and O–H groups in total. The standard InChI is InChI=1S/C23H30N4O/c1-15-12-16(2)21(17(3)13-15)25-23-24-19-6-5-7-20(22(19)26(23)4)27(10-11-28)14-18-8-9-18/h5-7,12-13,18,28H,8-11,14H2,1-4H3,(H,24,25). The van der Waals surface area contributed by atoms with Crippen LogP contribution in [0.25, 0.3) is 11.0 Å². The second-order valence-electron chi connectivity index (χ2n) is 8.15. The van der Waals surface area contributed by atoms with Crippen molar-refractivity contribution in [1.29, 1.82) is 0 Å². The van der Waals surface area contributed by atoms with Crippen molar-refractivity contribution in [3.63, 3.8) is 0 Å². The third-order valence-corrected chi connectivity index (χ3v) is 5.67. The van der Waals surface area contributed by atoms with Gasteiger partial charge in [0.25, 0.3) is 0 Å². The van der Waals surface area contributed by atoms with Crippen LogP contribution in [0.3, 0.4) is 0 Å². The number of imidazole rings is 1. The number of hydrogen-bond donors (Lipinski definition) is 2. The van der Waals surface area contributed by atoms with Crippen LogP contribution >= 0.6 is 0 Å². The zero-order valence-electron chi connectivity index (χ0n) is 17.3. The van der Waals surface area contributed by atoms with E-state index in [4.69, 9.17) is 4.98 Å². The third kappa shape index (κ3) is 3.59. The number of hydrogen-bond acceptors (Lipinski definition) is 4. The maximum absolute atomic E-state index is 9.58. The van der Waals surface area contributed by atoms with Gasteiger partial charge in [-0.05, 0) is 62.8 Å². The Morgan fingerprint density at radius 1 is 1.18 bits per heavy atom. The zero-order chi connectivity index (χ0) is 19.8. The van der Waals surface area contributed by atoms with Gasteiger partial charge < -0.3 is 19.9 Å². The van der Waals surface area contributed by atoms with Gasteiger partial charge in [0.05, 0.1) is 23.3 Å². The van der Waals surface area contributed by atoms with Crippen LogP contribution in [0.1, 0.15) is 29.5 Å². The SMILES string of the molecule is Cc1cc(C)c(Nc2nc3cccc(N(CCO)CC4CC4)c3n2C)c(C)c1. The number of nitrogens with one attached hydrogen (secondary N) is 1. The fourth-order valence-corrected chi connectivity index (χ4v) is 4.15. The molecule has 1 aliphatic carbocycles. The minimum atomic E-state index is 0.161. The molecule has 4 rings (SSSR count). The number of fused-ring (bicyclic) bond motifs is 1. The number of para-hydroxylation sites is 1. The van der Waals surface area contributed by atoms with E-state index in [-0.39, 0.29) is 6.61 Å². The molecule has 2 aromatic carbocycles. The summed E-state index contributed by atoms with van der Waals surface area (Å²) in [7, 11) is 2.06. The molecular weight excluding hydrogens is 348 g/mol. The van der Waals surface area contributed by atoms with Crippen LogP contribution in [0.2, 0.25) is 0 Å². The average Bonchev–Trinajstić information content (AvgIpc) is 3.41. The molecule has 0 bridgehead atoms. The van der Waals surface area contributed by atoms with Gasteiger partial charge in [0, 0.05) is 25.8 Å². The second-order valence-corrected chi connectivity index (χ2v) is 8.15. The maximum Gasteiger partial charge on any atom is 0.208 e. The Hall–Kier alpha value is -2.53. The first-order chi connectivity index (χ1) is 13.5. The van der Waals surface area contributed by atoms with Gasteiger partial charge >= 0.3 is 0 Å². The van der Waals surface area contributed by atoms with E-state index in [0.717, 1.165) is 40.8 Å². The number of anilines is 3. The van der Waals surface area contributed by atoms with Crippen LogP contribution in [0.4, 0.5) is 17.3 Å². The summed E-state index contributed by atoms with van der Waals surface area (Å²) in [6.07, 6.45) is 2.59. The molecule has 28 heavy (non-hydrogen) atoms. The number of rotatable bonds is 7. The molecular formula is C23H30N4O. The van der Waals surface area contributed by atoms with Crippen molar-refractivity contribution in [2.75, 3.05) is 29.9 Å². The van der Waals surface area contributed by atoms with E-state index in [2.05, 4.69) is 72.9 Å². The lowest BCUT2D eigenvalue weighted by molar-refractivity contribution is 0.301. The van der Waals surface area contributed by atoms with Crippen molar-refractivity contribution < 1.29 is 5.11 Å². The van der Waals surface area contributed by atoms with E-state index < -0.39 is 0 Å². The second kappa shape index (κ2) is 7.47. The lowest BCUT2D eigenvalue weighted by Gasteiger charge is -2.25. The summed E-state index contributed by atoms with van der Waals surface area (Å²) in [6.45, 7) is 8.21. The topological polar surface area (TPSA) is 53.3 Å². The molecule has 0 spiro atoms. The van der Waals surface area contributed by atoms with Crippen molar-refractivity contribution in [2.45, 2.75) is 33.6 Å². The Bertz CT molecular complexity index is 980. The van der Waals surface area contributed by atoms with Gasteiger partial charge in [0.15, 0.2) is 0 Å². The third-order valence-electron chi connectivity index (χ3n) is 5.67. The predicted octanol–water partition coefficient (Wildman–Crippen LogP) is 4.45. The van der Waals surface area contributed by atoms with Gasteiger partial charge in [0.1, 0.15) is 0 Å². The molecule has 1 saturated carbocycles. The van der Waals surface area contributed by atoms with Crippen LogP contribution in [-0.2, 0) is 7.05 Å². The number of aryl methyl sites for hydroxylation is 4. The Morgan fingerprint density at radius 3 is 2.54 bits per heavy atom. The molecule has 0 aliphatic heterocycles. The summed E-state index contributed by atoms with van der Waals surface area (Å²) < 4.78 is 2.14. The van der Waals surface area contributed by atoms with Crippen molar-refractivity contribution in [2.24, 2.45) is 13.0 Å². The van der Waals surface area contributed by atoms with E-state index in [1.165, 1.54) is 29.5 Å². The van der Waals surface area contributed by atoms with Gasteiger partial charge in [-0.2, -0.15) is 0 Å². The predicted molar refractivity (Wildman–Crippen MR) is 117 cm³/mol. The highest BCUT2D eigenvalue weighted by atomic mass is 16.3. The lowest BCUT2D eigenvalue weighted by Crippen LogP contribution is -2.29. The van der Waals surface area contributed by atoms with Crippen LogP contribution in [-0.4, -0.2) is 34.4 Å². The summed E-state index contributed by atoms with van der Waals surface area (Å²) in [5.41, 5.74) is 8.08. The van der Waals surface area contributed by atoms with Crippen molar-refractivity contribution in [1.82, 2.24) is 9.55 Å². The molecule has 1 fully saturated rings. The Balaban J connectivity index is 1.75. The van der Waals surface area contributed by atoms with Crippen LogP contribution in [0.15, 0.2) is 30.3 Å². The monoisotopic (exact) mass is 378 g/mol. The fraction of sp³-hybridized carbons (Fsp3) is 0.435. The highest BCUT2D eigenvalue weighted by molar-refractivity contribution is 5.91. The van der Waals surface area contributed by atoms with Gasteiger partial charge in [0.2, 0.25) is 5.95 Å². The highest BCUT2D eigenvalue weighted by Crippen LogP contribution is 2.35. The summed E-state index contributed by atoms with van der Waals surface area (Å²) in [5.74, 6) is 1.60. The van der Waals surface area contributed by atoms with E-state index in [1.54, 1.807) is 0 Å². The minimum Gasteiger partial charge on any atom is -0.395 e. The van der Waals surface area contributed by atoms with Crippen LogP contribution < -0.4 is 10.2 Å². The van der Waals surface area contributed by atoms with Crippen LogP contribution in [0.5, 0.6) is 0 Å². The quantitative estimate of drug-likeness (QED) is 0.638. The highest BCUT2D eigenvalue weighted by Gasteiger charge is 2.26. The summed E-state index contributed by atoms with van der Waals surface area (Å²) in [4.78, 5) is 7.19. The zero-order valence-corrected chi connectivity index (χ0v) is 17.3. The molecule has 1 heterocycles. The molecule has 0 amide bonds. The normalized spacial score (nSPS) is 13.9. The number of aliphatic hydroxyl groups is 1. The molecule has 1 aliphatic rings. The molecule has 0 atom stereocenters. The van der Waals surface area contributed by atoms with Gasteiger partial charge in [-0.25, -0.2) is 4.98 Å². The van der Waals surface area contributed by atoms with Gasteiger partial charge in [-0.15, -0.1) is 0 Å². The molecule has 3 aromatic rings. The number of aliphatic hydroxyl groups excluding tert-OH is 1. The van der Waals surface area contributed by atoms with Crippen molar-refractivity contribution >= 4 is 28.4 Å². The maximum atomic E-state index is 9.58. The summed E-state index contributed by atoms with van der Waals surface area (Å²) in [6, 6.07) is 10.7. The number of benzene rings is 2. The van der Waals surface area contributed by atoms with Crippen molar-refractivity contribution in [3.05, 3.63) is 47.0 Å². The van der Waals surface area contributed by atoms with Gasteiger partial charge in [-0.1, -0.05) is 23.8 Å². The lowest BCUT2D eigenvalue weighted by atomic mass is 10.1. The molecule has 0 saturated heterocycles. The Labute approximate surface area is 167 Å². The Kier molecular flexibility index (Phi) is 5.02. The smallest absolute Gasteiger partial charge is 0.208 e. The first-order valence-corrected chi connectivity index (χ1v) is 10.1. The number of nitrogens with zero attached hydrogens (tertiary/aromatic N) is 3. The molecule has 0 radical (unpaired) electrons. The van der Waals surface area contributed by atoms with E-state index in [9.17, 15) is 5.11 Å². The largest absolute Gasteiger partial charge is 0.395 e. The average molecular weight is 379 g/mol. The summed E-state index contributed by atoms with van der Waals surface area (Å²) >= 11 is 0. The van der Waals surface area contributed by atoms with Gasteiger partial charge in [-0.3, -0.25) is 0 Å². The van der Waals surface area contributed by atoms with E-state index >= 15 is 0 Å². The molecule has 0 unspecified atom stereocenters. The molecule has 5 nitrogen and oxygen atoms in total. The fourth-order valence-electron chi connectivity index (χ4n) is 4.15. The number of aromatic nitrogens is 2. The summed E-state index contributed by atoms with van der Waals surface area (Å²) in [5, 5.41) is 13.1. The molecule has 148 valence electrons. The first kappa shape index (κ1) is 18.8. The first-order valence-electron chi connectivity index (χ1n) is 10.1. The molecule has 1 aromatic heterocycles. The minimum absolute atomic E-state index is 0.161. The van der Waals surface area contributed by atoms with Crippen LogP contribution in [0, 0.1) is 26.7 Å². The van der Waals surface area contributed by atoms with E-state index in [1.807, 2.05) is 0 Å². The molecule has 5 heteroatoms. The van der Waals surface area contributed by atoms with E-state index in [0.29, 0.717) is 6.54 Å². The van der Waals surface area contributed by atoms with Crippen molar-refractivity contribution in [3.8, 4) is 0 Å².